The molecule has 2 heterocycles. The van der Waals surface area contributed by atoms with Crippen LogP contribution in [0.25, 0.3) is 11.6 Å². The van der Waals surface area contributed by atoms with E-state index in [-0.39, 0.29) is 18.7 Å². The third kappa shape index (κ3) is 4.11. The second-order valence-electron chi connectivity index (χ2n) is 5.11. The van der Waals surface area contributed by atoms with Gasteiger partial charge in [0.1, 0.15) is 0 Å². The first kappa shape index (κ1) is 16.4. The first-order valence-corrected chi connectivity index (χ1v) is 7.50. The minimum absolute atomic E-state index is 0.155. The number of hydrogen-bond acceptors (Lipinski definition) is 7. The van der Waals surface area contributed by atoms with Gasteiger partial charge in [-0.3, -0.25) is 4.79 Å². The molecule has 0 aliphatic rings. The zero-order chi connectivity index (χ0) is 17.6. The second-order valence-corrected chi connectivity index (χ2v) is 5.11. The van der Waals surface area contributed by atoms with Crippen molar-refractivity contribution in [2.24, 2.45) is 0 Å². The van der Waals surface area contributed by atoms with Crippen LogP contribution in [0.4, 0.5) is 5.69 Å². The van der Waals surface area contributed by atoms with E-state index in [0.717, 1.165) is 0 Å². The van der Waals surface area contributed by atoms with Crippen molar-refractivity contribution in [1.82, 2.24) is 10.1 Å². The van der Waals surface area contributed by atoms with Crippen LogP contribution in [0.15, 0.2) is 51.6 Å². The maximum absolute atomic E-state index is 12.0. The summed E-state index contributed by atoms with van der Waals surface area (Å²) in [6.07, 6.45) is 1.96. The van der Waals surface area contributed by atoms with Crippen LogP contribution in [0.2, 0.25) is 0 Å². The van der Waals surface area contributed by atoms with Crippen molar-refractivity contribution in [3.05, 3.63) is 54.1 Å². The first-order chi connectivity index (χ1) is 12.2. The van der Waals surface area contributed by atoms with Gasteiger partial charge in [0, 0.05) is 18.5 Å². The Labute approximate surface area is 142 Å². The molecule has 0 radical (unpaired) electrons. The molecule has 128 valence electrons. The number of methoxy groups -OCH3 is 1. The van der Waals surface area contributed by atoms with Gasteiger partial charge in [0.25, 0.3) is 0 Å². The SMILES string of the molecule is COC(=O)c1cccc(NC(=O)CCc2nc(-c3ccco3)no2)c1. The Kier molecular flexibility index (Phi) is 4.89. The molecule has 0 fully saturated rings. The third-order valence-corrected chi connectivity index (χ3v) is 3.34. The maximum Gasteiger partial charge on any atom is 0.337 e. The number of rotatable bonds is 6. The smallest absolute Gasteiger partial charge is 0.337 e. The molecule has 1 amide bonds. The van der Waals surface area contributed by atoms with Crippen molar-refractivity contribution < 1.29 is 23.3 Å². The quantitative estimate of drug-likeness (QED) is 0.687. The summed E-state index contributed by atoms with van der Waals surface area (Å²) < 4.78 is 14.9. The number of esters is 1. The summed E-state index contributed by atoms with van der Waals surface area (Å²) in [5.74, 6) is 0.474. The van der Waals surface area contributed by atoms with Crippen LogP contribution in [0, 0.1) is 0 Å². The van der Waals surface area contributed by atoms with E-state index in [1.54, 1.807) is 36.4 Å². The fourth-order valence-corrected chi connectivity index (χ4v) is 2.15. The van der Waals surface area contributed by atoms with Crippen LogP contribution < -0.4 is 5.32 Å². The van der Waals surface area contributed by atoms with Crippen molar-refractivity contribution in [3.8, 4) is 11.6 Å². The van der Waals surface area contributed by atoms with Gasteiger partial charge in [-0.25, -0.2) is 4.79 Å². The van der Waals surface area contributed by atoms with E-state index in [1.807, 2.05) is 0 Å². The lowest BCUT2D eigenvalue weighted by Crippen LogP contribution is -2.13. The number of carbonyl (C=O) groups excluding carboxylic acids is 2. The van der Waals surface area contributed by atoms with Crippen LogP contribution >= 0.6 is 0 Å². The number of aryl methyl sites for hydroxylation is 1. The predicted octanol–water partition coefficient (Wildman–Crippen LogP) is 2.69. The molecule has 0 unspecified atom stereocenters. The molecular weight excluding hydrogens is 326 g/mol. The van der Waals surface area contributed by atoms with Crippen LogP contribution in [0.1, 0.15) is 22.7 Å². The molecule has 8 nitrogen and oxygen atoms in total. The molecule has 3 rings (SSSR count). The monoisotopic (exact) mass is 341 g/mol. The van der Waals surface area contributed by atoms with E-state index in [9.17, 15) is 9.59 Å². The number of nitrogens with one attached hydrogen (secondary N) is 1. The molecule has 0 aliphatic heterocycles. The minimum Gasteiger partial charge on any atom is -0.465 e. The molecule has 0 saturated carbocycles. The van der Waals surface area contributed by atoms with Crippen molar-refractivity contribution >= 4 is 17.6 Å². The minimum atomic E-state index is -0.465. The van der Waals surface area contributed by atoms with Crippen LogP contribution in [0.5, 0.6) is 0 Å². The Hall–Kier alpha value is -3.42. The van der Waals surface area contributed by atoms with E-state index in [0.29, 0.717) is 28.7 Å². The Balaban J connectivity index is 1.56. The van der Waals surface area contributed by atoms with E-state index in [1.165, 1.54) is 13.4 Å². The Morgan fingerprint density at radius 2 is 2.12 bits per heavy atom. The molecule has 0 bridgehead atoms. The first-order valence-electron chi connectivity index (χ1n) is 7.50. The Morgan fingerprint density at radius 1 is 1.24 bits per heavy atom. The van der Waals surface area contributed by atoms with Gasteiger partial charge < -0.3 is 19.0 Å². The maximum atomic E-state index is 12.0. The molecule has 8 heteroatoms. The standard InChI is InChI=1S/C17H15N3O5/c1-23-17(22)11-4-2-5-12(10-11)18-14(21)7-8-15-19-16(20-25-15)13-6-3-9-24-13/h2-6,9-10H,7-8H2,1H3,(H,18,21). The molecule has 1 N–H and O–H groups in total. The fourth-order valence-electron chi connectivity index (χ4n) is 2.15. The molecule has 0 aliphatic carbocycles. The van der Waals surface area contributed by atoms with Gasteiger partial charge in [0.2, 0.25) is 17.6 Å². The number of nitrogens with zero attached hydrogens (tertiary/aromatic N) is 2. The number of amides is 1. The topological polar surface area (TPSA) is 107 Å². The van der Waals surface area contributed by atoms with Gasteiger partial charge in [0.15, 0.2) is 5.76 Å². The number of hydrogen-bond donors (Lipinski definition) is 1. The Bertz CT molecular complexity index is 870. The van der Waals surface area contributed by atoms with E-state index in [4.69, 9.17) is 8.94 Å². The lowest BCUT2D eigenvalue weighted by atomic mass is 10.2. The largest absolute Gasteiger partial charge is 0.465 e. The summed E-state index contributed by atoms with van der Waals surface area (Å²) in [5, 5.41) is 6.51. The van der Waals surface area contributed by atoms with Gasteiger partial charge in [-0.2, -0.15) is 4.98 Å². The number of anilines is 1. The summed E-state index contributed by atoms with van der Waals surface area (Å²) >= 11 is 0. The second kappa shape index (κ2) is 7.43. The average molecular weight is 341 g/mol. The number of ether oxygens (including phenoxy) is 1. The molecule has 3 aromatic rings. The van der Waals surface area contributed by atoms with Gasteiger partial charge in [-0.15, -0.1) is 0 Å². The molecule has 25 heavy (non-hydrogen) atoms. The lowest BCUT2D eigenvalue weighted by Gasteiger charge is -2.06. The summed E-state index contributed by atoms with van der Waals surface area (Å²) in [5.41, 5.74) is 0.870. The van der Waals surface area contributed by atoms with Crippen molar-refractivity contribution in [1.29, 1.82) is 0 Å². The number of furan rings is 1. The predicted molar refractivity (Wildman–Crippen MR) is 86.7 cm³/mol. The average Bonchev–Trinajstić information content (AvgIpc) is 3.30. The lowest BCUT2D eigenvalue weighted by molar-refractivity contribution is -0.116. The highest BCUT2D eigenvalue weighted by Crippen LogP contribution is 2.17. The zero-order valence-electron chi connectivity index (χ0n) is 13.4. The Morgan fingerprint density at radius 3 is 2.88 bits per heavy atom. The van der Waals surface area contributed by atoms with Crippen molar-refractivity contribution in [2.45, 2.75) is 12.8 Å². The van der Waals surface area contributed by atoms with Crippen molar-refractivity contribution in [3.63, 3.8) is 0 Å². The summed E-state index contributed by atoms with van der Waals surface area (Å²) in [4.78, 5) is 27.7. The van der Waals surface area contributed by atoms with Crippen LogP contribution in [-0.2, 0) is 16.0 Å². The number of benzene rings is 1. The molecule has 2 aromatic heterocycles. The van der Waals surface area contributed by atoms with Crippen LogP contribution in [0.3, 0.4) is 0 Å². The normalized spacial score (nSPS) is 10.4. The third-order valence-electron chi connectivity index (χ3n) is 3.34. The summed E-state index contributed by atoms with van der Waals surface area (Å²) in [7, 11) is 1.30. The zero-order valence-corrected chi connectivity index (χ0v) is 13.4. The molecule has 1 aromatic carbocycles. The van der Waals surface area contributed by atoms with Gasteiger partial charge in [0.05, 0.1) is 18.9 Å². The summed E-state index contributed by atoms with van der Waals surface area (Å²) in [6, 6.07) is 9.94. The van der Waals surface area contributed by atoms with Gasteiger partial charge in [-0.05, 0) is 30.3 Å². The highest BCUT2D eigenvalue weighted by atomic mass is 16.5. The highest BCUT2D eigenvalue weighted by molar-refractivity contribution is 5.94. The summed E-state index contributed by atoms with van der Waals surface area (Å²) in [6.45, 7) is 0. The van der Waals surface area contributed by atoms with Gasteiger partial charge >= 0.3 is 5.97 Å². The number of carbonyl (C=O) groups is 2. The fraction of sp³-hybridized carbons (Fsp3) is 0.176. The van der Waals surface area contributed by atoms with Gasteiger partial charge in [-0.1, -0.05) is 11.2 Å². The molecular formula is C17H15N3O5. The molecule has 0 spiro atoms. The van der Waals surface area contributed by atoms with E-state index < -0.39 is 5.97 Å². The van der Waals surface area contributed by atoms with Crippen molar-refractivity contribution in [2.75, 3.05) is 12.4 Å². The molecule has 0 saturated heterocycles. The van der Waals surface area contributed by atoms with E-state index >= 15 is 0 Å². The molecule has 0 atom stereocenters. The van der Waals surface area contributed by atoms with Crippen LogP contribution in [-0.4, -0.2) is 29.1 Å². The van der Waals surface area contributed by atoms with E-state index in [2.05, 4.69) is 20.2 Å². The number of aromatic nitrogens is 2. The highest BCUT2D eigenvalue weighted by Gasteiger charge is 2.13.